The van der Waals surface area contributed by atoms with Crippen molar-refractivity contribution in [1.82, 2.24) is 5.32 Å². The molecule has 112 valence electrons. The highest BCUT2D eigenvalue weighted by atomic mass is 16.6. The van der Waals surface area contributed by atoms with Gasteiger partial charge in [0.05, 0.1) is 4.92 Å². The maximum absolute atomic E-state index is 11.7. The van der Waals surface area contributed by atoms with Crippen molar-refractivity contribution < 1.29 is 14.8 Å². The monoisotopic (exact) mass is 297 g/mol. The van der Waals surface area contributed by atoms with Crippen molar-refractivity contribution in [3.63, 3.8) is 0 Å². The van der Waals surface area contributed by atoms with Gasteiger partial charge in [-0.2, -0.15) is 0 Å². The molecule has 2 aromatic carbocycles. The van der Waals surface area contributed by atoms with E-state index in [1.165, 1.54) is 12.1 Å². The van der Waals surface area contributed by atoms with E-state index >= 15 is 0 Å². The number of hydrogen-bond donors (Lipinski definition) is 1. The summed E-state index contributed by atoms with van der Waals surface area (Å²) in [4.78, 5) is 21.8. The average molecular weight is 297 g/mol. The molecule has 0 atom stereocenters. The first kappa shape index (κ1) is 15.2. The van der Waals surface area contributed by atoms with E-state index in [0.29, 0.717) is 0 Å². The van der Waals surface area contributed by atoms with E-state index in [4.69, 9.17) is 0 Å². The molecule has 0 spiro atoms. The quantitative estimate of drug-likeness (QED) is 0.518. The minimum atomic E-state index is -0.583. The molecule has 0 aromatic heterocycles. The fraction of sp³-hybridized carbons (Fsp3) is 0.0625. The first-order valence-corrected chi connectivity index (χ1v) is 6.51. The van der Waals surface area contributed by atoms with Gasteiger partial charge >= 0.3 is 0 Å². The predicted molar refractivity (Wildman–Crippen MR) is 79.9 cm³/mol. The van der Waals surface area contributed by atoms with Crippen LogP contribution in [0.25, 0.3) is 6.08 Å². The maximum atomic E-state index is 11.7. The number of nitro groups is 1. The largest absolute Gasteiger partial charge is 0.872 e. The zero-order chi connectivity index (χ0) is 15.9. The first-order chi connectivity index (χ1) is 10.6. The van der Waals surface area contributed by atoms with Crippen LogP contribution in [0, 0.1) is 10.1 Å². The molecule has 1 amide bonds. The van der Waals surface area contributed by atoms with Crippen LogP contribution in [-0.2, 0) is 11.3 Å². The number of carbonyl (C=O) groups excluding carboxylic acids is 1. The van der Waals surface area contributed by atoms with Crippen LogP contribution in [0.4, 0.5) is 5.69 Å². The van der Waals surface area contributed by atoms with E-state index in [9.17, 15) is 20.0 Å². The molecule has 2 rings (SSSR count). The Labute approximate surface area is 126 Å². The minimum Gasteiger partial charge on any atom is -0.872 e. The molecule has 0 saturated heterocycles. The Balaban J connectivity index is 1.98. The van der Waals surface area contributed by atoms with Crippen LogP contribution in [0.15, 0.2) is 54.6 Å². The molecular weight excluding hydrogens is 284 g/mol. The third-order valence-electron chi connectivity index (χ3n) is 2.93. The van der Waals surface area contributed by atoms with Crippen molar-refractivity contribution in [2.75, 3.05) is 0 Å². The summed E-state index contributed by atoms with van der Waals surface area (Å²) < 4.78 is 0. The van der Waals surface area contributed by atoms with Gasteiger partial charge in [0.15, 0.2) is 0 Å². The third-order valence-corrected chi connectivity index (χ3v) is 2.93. The molecule has 0 heterocycles. The fourth-order valence-corrected chi connectivity index (χ4v) is 1.79. The Hall–Kier alpha value is -3.15. The second-order valence-corrected chi connectivity index (χ2v) is 4.51. The Kier molecular flexibility index (Phi) is 4.87. The lowest BCUT2D eigenvalue weighted by Gasteiger charge is -2.12. The lowest BCUT2D eigenvalue weighted by Crippen LogP contribution is -2.21. The Morgan fingerprint density at radius 1 is 1.18 bits per heavy atom. The molecule has 0 unspecified atom stereocenters. The van der Waals surface area contributed by atoms with Crippen molar-refractivity contribution in [3.8, 4) is 5.75 Å². The highest BCUT2D eigenvalue weighted by molar-refractivity contribution is 5.91. The minimum absolute atomic E-state index is 0.0571. The van der Waals surface area contributed by atoms with Crippen LogP contribution in [0.2, 0.25) is 0 Å². The van der Waals surface area contributed by atoms with E-state index < -0.39 is 4.92 Å². The number of amides is 1. The number of rotatable bonds is 5. The highest BCUT2D eigenvalue weighted by Crippen LogP contribution is 2.20. The van der Waals surface area contributed by atoms with E-state index in [0.717, 1.165) is 17.7 Å². The van der Waals surface area contributed by atoms with Crippen LogP contribution in [-0.4, -0.2) is 10.8 Å². The molecule has 0 radical (unpaired) electrons. The van der Waals surface area contributed by atoms with Crippen LogP contribution in [0.5, 0.6) is 5.75 Å². The average Bonchev–Trinajstić information content (AvgIpc) is 2.53. The first-order valence-electron chi connectivity index (χ1n) is 6.51. The number of non-ortho nitro benzene ring substituents is 1. The van der Waals surface area contributed by atoms with E-state index in [2.05, 4.69) is 5.32 Å². The molecule has 0 aliphatic rings. The molecule has 2 aromatic rings. The zero-order valence-electron chi connectivity index (χ0n) is 11.6. The normalized spacial score (nSPS) is 10.5. The van der Waals surface area contributed by atoms with Gasteiger partial charge in [0, 0.05) is 24.8 Å². The third kappa shape index (κ3) is 4.17. The van der Waals surface area contributed by atoms with Crippen LogP contribution < -0.4 is 10.4 Å². The van der Waals surface area contributed by atoms with Gasteiger partial charge in [-0.1, -0.05) is 36.4 Å². The lowest BCUT2D eigenvalue weighted by molar-refractivity contribution is -0.385. The number of hydrogen-bond acceptors (Lipinski definition) is 4. The highest BCUT2D eigenvalue weighted by Gasteiger charge is 2.07. The molecule has 0 fully saturated rings. The van der Waals surface area contributed by atoms with E-state index in [1.54, 1.807) is 6.08 Å². The number of benzene rings is 2. The Morgan fingerprint density at radius 2 is 1.91 bits per heavy atom. The molecular formula is C16H13N2O4-. The molecule has 0 aliphatic carbocycles. The molecule has 6 heteroatoms. The smallest absolute Gasteiger partial charge is 0.269 e. The van der Waals surface area contributed by atoms with Crippen molar-refractivity contribution in [2.24, 2.45) is 0 Å². The summed E-state index contributed by atoms with van der Waals surface area (Å²) in [5, 5.41) is 24.8. The maximum Gasteiger partial charge on any atom is 0.269 e. The summed E-state index contributed by atoms with van der Waals surface area (Å²) in [6, 6.07) is 12.7. The number of nitro benzene ring substituents is 1. The molecule has 0 saturated carbocycles. The summed E-state index contributed by atoms with van der Waals surface area (Å²) >= 11 is 0. The second kappa shape index (κ2) is 7.03. The van der Waals surface area contributed by atoms with Crippen LogP contribution in [0.1, 0.15) is 11.1 Å². The van der Waals surface area contributed by atoms with Gasteiger partial charge in [0.25, 0.3) is 5.69 Å². The van der Waals surface area contributed by atoms with Gasteiger partial charge < -0.3 is 10.4 Å². The van der Waals surface area contributed by atoms with Crippen molar-refractivity contribution in [2.45, 2.75) is 6.54 Å². The van der Waals surface area contributed by atoms with Crippen LogP contribution in [0.3, 0.4) is 0 Å². The van der Waals surface area contributed by atoms with Crippen molar-refractivity contribution >= 4 is 17.7 Å². The predicted octanol–water partition coefficient (Wildman–Crippen LogP) is 2.00. The van der Waals surface area contributed by atoms with Gasteiger partial charge in [-0.05, 0) is 17.2 Å². The van der Waals surface area contributed by atoms with Crippen molar-refractivity contribution in [3.05, 3.63) is 75.8 Å². The SMILES string of the molecule is O=C(/C=C/c1ccccc1)NCc1cc([N+](=O)[O-])ccc1[O-]. The Bertz CT molecular complexity index is 711. The van der Waals surface area contributed by atoms with Gasteiger partial charge in [0.2, 0.25) is 5.91 Å². The molecule has 0 bridgehead atoms. The van der Waals surface area contributed by atoms with E-state index in [-0.39, 0.29) is 29.5 Å². The number of carbonyl (C=O) groups is 1. The van der Waals surface area contributed by atoms with Gasteiger partial charge in [-0.25, -0.2) is 0 Å². The summed E-state index contributed by atoms with van der Waals surface area (Å²) in [5.74, 6) is -0.729. The fourth-order valence-electron chi connectivity index (χ4n) is 1.79. The Morgan fingerprint density at radius 3 is 2.59 bits per heavy atom. The molecule has 0 aliphatic heterocycles. The van der Waals surface area contributed by atoms with Gasteiger partial charge in [0.1, 0.15) is 0 Å². The molecule has 6 nitrogen and oxygen atoms in total. The standard InChI is InChI=1S/C16H14N2O4/c19-15-8-7-14(18(21)22)10-13(15)11-17-16(20)9-6-12-4-2-1-3-5-12/h1-10,19H,11H2,(H,17,20)/p-1/b9-6+. The lowest BCUT2D eigenvalue weighted by atomic mass is 10.1. The van der Waals surface area contributed by atoms with Crippen LogP contribution >= 0.6 is 0 Å². The topological polar surface area (TPSA) is 95.3 Å². The summed E-state index contributed by atoms with van der Waals surface area (Å²) in [6.07, 6.45) is 2.98. The summed E-state index contributed by atoms with van der Waals surface area (Å²) in [5.41, 5.74) is 0.872. The summed E-state index contributed by atoms with van der Waals surface area (Å²) in [7, 11) is 0. The van der Waals surface area contributed by atoms with Gasteiger partial charge in [-0.15, -0.1) is 5.75 Å². The van der Waals surface area contributed by atoms with Gasteiger partial charge in [-0.3, -0.25) is 14.9 Å². The van der Waals surface area contributed by atoms with E-state index in [1.807, 2.05) is 30.3 Å². The van der Waals surface area contributed by atoms with Crippen molar-refractivity contribution in [1.29, 1.82) is 0 Å². The molecule has 22 heavy (non-hydrogen) atoms. The second-order valence-electron chi connectivity index (χ2n) is 4.51. The number of nitrogens with zero attached hydrogens (tertiary/aromatic N) is 1. The number of nitrogens with one attached hydrogen (secondary N) is 1. The molecule has 1 N–H and O–H groups in total. The zero-order valence-corrected chi connectivity index (χ0v) is 11.6. The summed E-state index contributed by atoms with van der Waals surface area (Å²) in [6.45, 7) is -0.0571.